The second-order valence-corrected chi connectivity index (χ2v) is 4.17. The second-order valence-electron chi connectivity index (χ2n) is 4.17. The van der Waals surface area contributed by atoms with Crippen LogP contribution in [0, 0.1) is 11.7 Å². The van der Waals surface area contributed by atoms with Crippen molar-refractivity contribution < 1.29 is 19.0 Å². The smallest absolute Gasteiger partial charge is 0.308 e. The minimum absolute atomic E-state index is 0.0804. The third kappa shape index (κ3) is 2.18. The Labute approximate surface area is 98.6 Å². The van der Waals surface area contributed by atoms with Gasteiger partial charge >= 0.3 is 5.97 Å². The van der Waals surface area contributed by atoms with Gasteiger partial charge in [0.15, 0.2) is 0 Å². The van der Waals surface area contributed by atoms with Crippen LogP contribution in [0.5, 0.6) is 5.75 Å². The van der Waals surface area contributed by atoms with E-state index in [1.807, 2.05) is 0 Å². The molecule has 1 aliphatic rings. The summed E-state index contributed by atoms with van der Waals surface area (Å²) in [5.41, 5.74) is 0.584. The quantitative estimate of drug-likeness (QED) is 0.869. The minimum Gasteiger partial charge on any atom is -0.495 e. The SMILES string of the molecule is COc1ccc(F)cc1N(C)C1CC1C(=O)O. The van der Waals surface area contributed by atoms with Gasteiger partial charge in [0.05, 0.1) is 18.7 Å². The number of rotatable bonds is 4. The van der Waals surface area contributed by atoms with Crippen molar-refractivity contribution in [3.63, 3.8) is 0 Å². The zero-order chi connectivity index (χ0) is 12.6. The third-order valence-electron chi connectivity index (χ3n) is 3.09. The van der Waals surface area contributed by atoms with Crippen LogP contribution in [0.1, 0.15) is 6.42 Å². The maximum Gasteiger partial charge on any atom is 0.308 e. The first-order valence-electron chi connectivity index (χ1n) is 5.33. The summed E-state index contributed by atoms with van der Waals surface area (Å²) in [5.74, 6) is -0.990. The fourth-order valence-electron chi connectivity index (χ4n) is 1.99. The summed E-state index contributed by atoms with van der Waals surface area (Å²) in [4.78, 5) is 12.6. The Bertz CT molecular complexity index is 449. The number of benzene rings is 1. The van der Waals surface area contributed by atoms with Gasteiger partial charge in [0.1, 0.15) is 11.6 Å². The van der Waals surface area contributed by atoms with E-state index in [9.17, 15) is 9.18 Å². The summed E-state index contributed by atoms with van der Waals surface area (Å²) >= 11 is 0. The fraction of sp³-hybridized carbons (Fsp3) is 0.417. The van der Waals surface area contributed by atoms with Crippen molar-refractivity contribution in [2.45, 2.75) is 12.5 Å². The van der Waals surface area contributed by atoms with E-state index in [2.05, 4.69) is 0 Å². The number of aliphatic carboxylic acids is 1. The molecule has 1 aliphatic carbocycles. The summed E-state index contributed by atoms with van der Waals surface area (Å²) in [5, 5.41) is 8.87. The lowest BCUT2D eigenvalue weighted by Gasteiger charge is -2.21. The van der Waals surface area contributed by atoms with Crippen LogP contribution in [0.15, 0.2) is 18.2 Å². The van der Waals surface area contributed by atoms with E-state index in [-0.39, 0.29) is 17.8 Å². The molecule has 2 rings (SSSR count). The molecule has 0 radical (unpaired) electrons. The fourth-order valence-corrected chi connectivity index (χ4v) is 1.99. The molecule has 0 aliphatic heterocycles. The Balaban J connectivity index is 2.22. The third-order valence-corrected chi connectivity index (χ3v) is 3.09. The normalized spacial score (nSPS) is 22.1. The number of hydrogen-bond acceptors (Lipinski definition) is 3. The van der Waals surface area contributed by atoms with Crippen molar-refractivity contribution >= 4 is 11.7 Å². The van der Waals surface area contributed by atoms with Crippen molar-refractivity contribution in [1.29, 1.82) is 0 Å². The Kier molecular flexibility index (Phi) is 2.92. The van der Waals surface area contributed by atoms with E-state index < -0.39 is 5.97 Å². The number of anilines is 1. The van der Waals surface area contributed by atoms with Gasteiger partial charge in [0.25, 0.3) is 0 Å². The lowest BCUT2D eigenvalue weighted by atomic mass is 10.2. The van der Waals surface area contributed by atoms with Crippen LogP contribution in [0.2, 0.25) is 0 Å². The Hall–Kier alpha value is -1.78. The van der Waals surface area contributed by atoms with Crippen molar-refractivity contribution in [2.75, 3.05) is 19.1 Å². The summed E-state index contributed by atoms with van der Waals surface area (Å²) in [6, 6.07) is 4.14. The molecule has 17 heavy (non-hydrogen) atoms. The maximum absolute atomic E-state index is 13.2. The van der Waals surface area contributed by atoms with Crippen LogP contribution in [0.25, 0.3) is 0 Å². The highest BCUT2D eigenvalue weighted by Gasteiger charge is 2.46. The standard InChI is InChI=1S/C12H14FNO3/c1-14(9-6-8(9)12(15)16)10-5-7(13)3-4-11(10)17-2/h3-5,8-9H,6H2,1-2H3,(H,15,16). The first-order valence-corrected chi connectivity index (χ1v) is 5.33. The molecule has 1 saturated carbocycles. The summed E-state index contributed by atoms with van der Waals surface area (Å²) < 4.78 is 18.3. The lowest BCUT2D eigenvalue weighted by Crippen LogP contribution is -2.24. The van der Waals surface area contributed by atoms with Crippen LogP contribution in [-0.2, 0) is 4.79 Å². The van der Waals surface area contributed by atoms with Crippen molar-refractivity contribution in [3.05, 3.63) is 24.0 Å². The predicted octanol–water partition coefficient (Wildman–Crippen LogP) is 1.74. The molecule has 1 N–H and O–H groups in total. The van der Waals surface area contributed by atoms with Gasteiger partial charge in [-0.15, -0.1) is 0 Å². The summed E-state index contributed by atoms with van der Waals surface area (Å²) in [7, 11) is 3.26. The second kappa shape index (κ2) is 4.24. The first kappa shape index (κ1) is 11.7. The van der Waals surface area contributed by atoms with Crippen LogP contribution >= 0.6 is 0 Å². The molecule has 0 aromatic heterocycles. The molecule has 92 valence electrons. The number of nitrogens with zero attached hydrogens (tertiary/aromatic N) is 1. The molecule has 0 amide bonds. The van der Waals surface area contributed by atoms with E-state index in [1.54, 1.807) is 18.0 Å². The molecule has 2 unspecified atom stereocenters. The minimum atomic E-state index is -0.808. The van der Waals surface area contributed by atoms with Gasteiger partial charge in [-0.1, -0.05) is 0 Å². The van der Waals surface area contributed by atoms with E-state index >= 15 is 0 Å². The monoisotopic (exact) mass is 239 g/mol. The van der Waals surface area contributed by atoms with Crippen LogP contribution in [-0.4, -0.2) is 31.3 Å². The molecule has 4 nitrogen and oxygen atoms in total. The van der Waals surface area contributed by atoms with Crippen LogP contribution in [0.3, 0.4) is 0 Å². The molecule has 0 spiro atoms. The molecule has 1 aromatic carbocycles. The average molecular weight is 239 g/mol. The Morgan fingerprint density at radius 2 is 2.29 bits per heavy atom. The van der Waals surface area contributed by atoms with Crippen molar-refractivity contribution in [1.82, 2.24) is 0 Å². The van der Waals surface area contributed by atoms with Crippen molar-refractivity contribution in [2.24, 2.45) is 5.92 Å². The van der Waals surface area contributed by atoms with Gasteiger partial charge in [-0.3, -0.25) is 4.79 Å². The number of halogens is 1. The highest BCUT2D eigenvalue weighted by atomic mass is 19.1. The Morgan fingerprint density at radius 3 is 2.82 bits per heavy atom. The molecular formula is C12H14FNO3. The topological polar surface area (TPSA) is 49.8 Å². The molecule has 5 heteroatoms. The molecule has 1 aromatic rings. The number of hydrogen-bond donors (Lipinski definition) is 1. The molecule has 0 bridgehead atoms. The van der Waals surface area contributed by atoms with Gasteiger partial charge in [-0.25, -0.2) is 4.39 Å². The molecule has 0 heterocycles. The number of carbonyl (C=O) groups is 1. The zero-order valence-corrected chi connectivity index (χ0v) is 9.68. The van der Waals surface area contributed by atoms with Gasteiger partial charge in [0, 0.05) is 19.2 Å². The molecule has 0 saturated heterocycles. The highest BCUT2D eigenvalue weighted by Crippen LogP contribution is 2.40. The molecular weight excluding hydrogens is 225 g/mol. The Morgan fingerprint density at radius 1 is 1.59 bits per heavy atom. The zero-order valence-electron chi connectivity index (χ0n) is 9.68. The first-order chi connectivity index (χ1) is 8.04. The van der Waals surface area contributed by atoms with Gasteiger partial charge < -0.3 is 14.7 Å². The lowest BCUT2D eigenvalue weighted by molar-refractivity contribution is -0.138. The highest BCUT2D eigenvalue weighted by molar-refractivity contribution is 5.76. The number of carboxylic acids is 1. The van der Waals surface area contributed by atoms with Crippen LogP contribution < -0.4 is 9.64 Å². The van der Waals surface area contributed by atoms with Gasteiger partial charge in [-0.05, 0) is 18.6 Å². The van der Waals surface area contributed by atoms with E-state index in [1.165, 1.54) is 19.2 Å². The van der Waals surface area contributed by atoms with Crippen LogP contribution in [0.4, 0.5) is 10.1 Å². The largest absolute Gasteiger partial charge is 0.495 e. The van der Waals surface area contributed by atoms with E-state index in [4.69, 9.17) is 9.84 Å². The predicted molar refractivity (Wildman–Crippen MR) is 60.9 cm³/mol. The number of carboxylic acid groups (broad SMARTS) is 1. The number of methoxy groups -OCH3 is 1. The maximum atomic E-state index is 13.2. The van der Waals surface area contributed by atoms with Gasteiger partial charge in [-0.2, -0.15) is 0 Å². The summed E-state index contributed by atoms with van der Waals surface area (Å²) in [6.45, 7) is 0. The van der Waals surface area contributed by atoms with Crippen molar-refractivity contribution in [3.8, 4) is 5.75 Å². The average Bonchev–Trinajstić information content (AvgIpc) is 3.08. The van der Waals surface area contributed by atoms with Gasteiger partial charge in [0.2, 0.25) is 0 Å². The van der Waals surface area contributed by atoms with E-state index in [0.717, 1.165) is 0 Å². The number of ether oxygens (including phenoxy) is 1. The summed E-state index contributed by atoms with van der Waals surface area (Å²) in [6.07, 6.45) is 0.589. The molecule has 1 fully saturated rings. The van der Waals surface area contributed by atoms with E-state index in [0.29, 0.717) is 17.9 Å². The molecule has 2 atom stereocenters.